The van der Waals surface area contributed by atoms with Crippen LogP contribution in [0.5, 0.6) is 0 Å². The van der Waals surface area contributed by atoms with E-state index in [1.165, 1.54) is 11.3 Å². The quantitative estimate of drug-likeness (QED) is 0.848. The third-order valence-corrected chi connectivity index (χ3v) is 4.79. The van der Waals surface area contributed by atoms with E-state index in [-0.39, 0.29) is 0 Å². The van der Waals surface area contributed by atoms with Gasteiger partial charge in [-0.15, -0.1) is 0 Å². The Kier molecular flexibility index (Phi) is 4.31. The highest BCUT2D eigenvalue weighted by atomic mass is 15.3. The zero-order valence-corrected chi connectivity index (χ0v) is 14.1. The Labute approximate surface area is 132 Å². The second-order valence-corrected chi connectivity index (χ2v) is 6.28. The SMILES string of the molecule is Cc1nn(C)c(C)c1CN1CCN(Cc2nccn2C)CC1. The highest BCUT2D eigenvalue weighted by Gasteiger charge is 2.20. The van der Waals surface area contributed by atoms with Crippen LogP contribution in [0.3, 0.4) is 0 Å². The summed E-state index contributed by atoms with van der Waals surface area (Å²) in [6.45, 7) is 10.7. The van der Waals surface area contributed by atoms with E-state index < -0.39 is 0 Å². The van der Waals surface area contributed by atoms with Crippen LogP contribution in [0.25, 0.3) is 0 Å². The molecule has 6 heteroatoms. The first-order valence-corrected chi connectivity index (χ1v) is 7.94. The maximum Gasteiger partial charge on any atom is 0.122 e. The Balaban J connectivity index is 1.54. The van der Waals surface area contributed by atoms with Gasteiger partial charge < -0.3 is 4.57 Å². The molecule has 0 spiro atoms. The molecule has 3 heterocycles. The van der Waals surface area contributed by atoms with Crippen molar-refractivity contribution >= 4 is 0 Å². The van der Waals surface area contributed by atoms with Gasteiger partial charge in [0.15, 0.2) is 0 Å². The number of rotatable bonds is 4. The molecule has 3 rings (SSSR count). The van der Waals surface area contributed by atoms with Crippen molar-refractivity contribution in [3.05, 3.63) is 35.2 Å². The number of hydrogen-bond acceptors (Lipinski definition) is 4. The summed E-state index contributed by atoms with van der Waals surface area (Å²) in [5.41, 5.74) is 3.84. The van der Waals surface area contributed by atoms with Gasteiger partial charge in [-0.1, -0.05) is 0 Å². The average Bonchev–Trinajstić information content (AvgIpc) is 3.00. The summed E-state index contributed by atoms with van der Waals surface area (Å²) >= 11 is 0. The van der Waals surface area contributed by atoms with Crippen molar-refractivity contribution in [3.63, 3.8) is 0 Å². The van der Waals surface area contributed by atoms with Crippen LogP contribution in [0.1, 0.15) is 22.8 Å². The summed E-state index contributed by atoms with van der Waals surface area (Å²) in [6.07, 6.45) is 3.89. The molecule has 0 aliphatic carbocycles. The molecule has 0 radical (unpaired) electrons. The van der Waals surface area contributed by atoms with E-state index in [0.29, 0.717) is 0 Å². The smallest absolute Gasteiger partial charge is 0.122 e. The molecule has 1 aliphatic rings. The zero-order valence-electron chi connectivity index (χ0n) is 14.1. The number of aryl methyl sites for hydroxylation is 3. The molecule has 0 N–H and O–H groups in total. The minimum Gasteiger partial charge on any atom is -0.337 e. The lowest BCUT2D eigenvalue weighted by Crippen LogP contribution is -2.45. The molecule has 0 saturated carbocycles. The van der Waals surface area contributed by atoms with E-state index in [2.05, 4.69) is 45.3 Å². The van der Waals surface area contributed by atoms with Gasteiger partial charge in [-0.25, -0.2) is 4.98 Å². The van der Waals surface area contributed by atoms with Crippen LogP contribution >= 0.6 is 0 Å². The standard InChI is InChI=1S/C16H26N6/c1-13-15(14(2)20(4)18-13)11-21-7-9-22(10-8-21)12-16-17-5-6-19(16)3/h5-6H,7-12H2,1-4H3. The predicted molar refractivity (Wildman–Crippen MR) is 86.4 cm³/mol. The molecule has 120 valence electrons. The number of aromatic nitrogens is 4. The van der Waals surface area contributed by atoms with Gasteiger partial charge in [-0.05, 0) is 13.8 Å². The van der Waals surface area contributed by atoms with Gasteiger partial charge in [0.2, 0.25) is 0 Å². The van der Waals surface area contributed by atoms with Crippen molar-refractivity contribution in [1.82, 2.24) is 29.1 Å². The van der Waals surface area contributed by atoms with E-state index in [1.54, 1.807) is 0 Å². The lowest BCUT2D eigenvalue weighted by molar-refractivity contribution is 0.119. The fraction of sp³-hybridized carbons (Fsp3) is 0.625. The topological polar surface area (TPSA) is 42.1 Å². The first-order valence-electron chi connectivity index (χ1n) is 7.94. The minimum atomic E-state index is 0.947. The molecule has 2 aromatic heterocycles. The highest BCUT2D eigenvalue weighted by Crippen LogP contribution is 2.16. The van der Waals surface area contributed by atoms with Gasteiger partial charge >= 0.3 is 0 Å². The molecule has 2 aromatic rings. The first-order chi connectivity index (χ1) is 10.5. The Hall–Kier alpha value is -1.66. The minimum absolute atomic E-state index is 0.947. The van der Waals surface area contributed by atoms with E-state index in [0.717, 1.165) is 50.8 Å². The van der Waals surface area contributed by atoms with Crippen LogP contribution in [0.4, 0.5) is 0 Å². The van der Waals surface area contributed by atoms with Gasteiger partial charge in [0.25, 0.3) is 0 Å². The fourth-order valence-electron chi connectivity index (χ4n) is 3.12. The van der Waals surface area contributed by atoms with Crippen molar-refractivity contribution in [1.29, 1.82) is 0 Å². The lowest BCUT2D eigenvalue weighted by Gasteiger charge is -2.34. The van der Waals surface area contributed by atoms with Crippen molar-refractivity contribution in [2.75, 3.05) is 26.2 Å². The van der Waals surface area contributed by atoms with Crippen molar-refractivity contribution < 1.29 is 0 Å². The number of hydrogen-bond donors (Lipinski definition) is 0. The van der Waals surface area contributed by atoms with Gasteiger partial charge in [0.05, 0.1) is 12.2 Å². The van der Waals surface area contributed by atoms with Crippen LogP contribution in [-0.2, 0) is 27.2 Å². The molecule has 6 nitrogen and oxygen atoms in total. The summed E-state index contributed by atoms with van der Waals surface area (Å²) < 4.78 is 4.09. The van der Waals surface area contributed by atoms with Crippen molar-refractivity contribution in [2.24, 2.45) is 14.1 Å². The van der Waals surface area contributed by atoms with Gasteiger partial charge in [-0.3, -0.25) is 14.5 Å². The maximum atomic E-state index is 4.52. The molecule has 1 aliphatic heterocycles. The predicted octanol–water partition coefficient (Wildman–Crippen LogP) is 1.09. The molecule has 0 aromatic carbocycles. The molecular formula is C16H26N6. The second-order valence-electron chi connectivity index (χ2n) is 6.28. The molecule has 0 amide bonds. The van der Waals surface area contributed by atoms with Gasteiger partial charge in [0, 0.05) is 70.5 Å². The number of imidazole rings is 1. The normalized spacial score (nSPS) is 17.3. The summed E-state index contributed by atoms with van der Waals surface area (Å²) in [5, 5.41) is 4.52. The van der Waals surface area contributed by atoms with Crippen LogP contribution < -0.4 is 0 Å². The van der Waals surface area contributed by atoms with Crippen molar-refractivity contribution in [3.8, 4) is 0 Å². The van der Waals surface area contributed by atoms with E-state index >= 15 is 0 Å². The third kappa shape index (κ3) is 3.08. The van der Waals surface area contributed by atoms with E-state index in [1.807, 2.05) is 24.1 Å². The monoisotopic (exact) mass is 302 g/mol. The second kappa shape index (κ2) is 6.22. The molecule has 0 atom stereocenters. The van der Waals surface area contributed by atoms with Crippen LogP contribution in [-0.4, -0.2) is 55.3 Å². The zero-order chi connectivity index (χ0) is 15.7. The molecule has 22 heavy (non-hydrogen) atoms. The summed E-state index contributed by atoms with van der Waals surface area (Å²) in [5.74, 6) is 1.15. The Morgan fingerprint density at radius 2 is 1.64 bits per heavy atom. The Bertz CT molecular complexity index is 633. The molecule has 1 saturated heterocycles. The highest BCUT2D eigenvalue weighted by molar-refractivity contribution is 5.24. The van der Waals surface area contributed by atoms with Crippen molar-refractivity contribution in [2.45, 2.75) is 26.9 Å². The van der Waals surface area contributed by atoms with Crippen LogP contribution in [0.15, 0.2) is 12.4 Å². The van der Waals surface area contributed by atoms with Crippen LogP contribution in [0.2, 0.25) is 0 Å². The molecule has 1 fully saturated rings. The number of nitrogens with zero attached hydrogens (tertiary/aromatic N) is 6. The van der Waals surface area contributed by atoms with Gasteiger partial charge in [0.1, 0.15) is 5.82 Å². The van der Waals surface area contributed by atoms with Gasteiger partial charge in [-0.2, -0.15) is 5.10 Å². The lowest BCUT2D eigenvalue weighted by atomic mass is 10.1. The largest absolute Gasteiger partial charge is 0.337 e. The summed E-state index contributed by atoms with van der Waals surface area (Å²) in [7, 11) is 4.09. The summed E-state index contributed by atoms with van der Waals surface area (Å²) in [6, 6.07) is 0. The number of piperazine rings is 1. The third-order valence-electron chi connectivity index (χ3n) is 4.79. The molecular weight excluding hydrogens is 276 g/mol. The van der Waals surface area contributed by atoms with E-state index in [4.69, 9.17) is 0 Å². The Morgan fingerprint density at radius 1 is 1.00 bits per heavy atom. The van der Waals surface area contributed by atoms with Crippen LogP contribution in [0, 0.1) is 13.8 Å². The Morgan fingerprint density at radius 3 is 2.14 bits per heavy atom. The first kappa shape index (κ1) is 15.2. The average molecular weight is 302 g/mol. The molecule has 0 bridgehead atoms. The van der Waals surface area contributed by atoms with E-state index in [9.17, 15) is 0 Å². The maximum absolute atomic E-state index is 4.52. The molecule has 0 unspecified atom stereocenters. The fourth-order valence-corrected chi connectivity index (χ4v) is 3.12. The summed E-state index contributed by atoms with van der Waals surface area (Å²) in [4.78, 5) is 9.44.